The second kappa shape index (κ2) is 5.55. The van der Waals surface area contributed by atoms with E-state index >= 15 is 0 Å². The van der Waals surface area contributed by atoms with Crippen LogP contribution in [0.1, 0.15) is 0 Å². The summed E-state index contributed by atoms with van der Waals surface area (Å²) in [6.07, 6.45) is 0.838. The van der Waals surface area contributed by atoms with Gasteiger partial charge in [0.25, 0.3) is 0 Å². The number of rotatable bonds is 4. The summed E-state index contributed by atoms with van der Waals surface area (Å²) >= 11 is 4.68. The van der Waals surface area contributed by atoms with Crippen LogP contribution in [0.5, 0.6) is 0 Å². The largest absolute Gasteiger partial charge is 0.397 e. The topological polar surface area (TPSA) is 79.4 Å². The number of nitrogens with two attached hydrogens (primary N) is 1. The van der Waals surface area contributed by atoms with Gasteiger partial charge >= 0.3 is 0 Å². The fourth-order valence-corrected chi connectivity index (χ4v) is 2.26. The molecule has 4 nitrogen and oxygen atoms in total. The van der Waals surface area contributed by atoms with Crippen LogP contribution in [0.2, 0.25) is 0 Å². The molecule has 0 aliphatic heterocycles. The van der Waals surface area contributed by atoms with Gasteiger partial charge in [-0.15, -0.1) is 11.8 Å². The number of aromatic nitrogens is 1. The Labute approximate surface area is 94.7 Å². The zero-order valence-electron chi connectivity index (χ0n) is 7.35. The minimum Gasteiger partial charge on any atom is -0.397 e. The quantitative estimate of drug-likeness (QED) is 0.713. The predicted molar refractivity (Wildman–Crippen MR) is 60.2 cm³/mol. The first-order chi connectivity index (χ1) is 6.63. The van der Waals surface area contributed by atoms with Crippen molar-refractivity contribution < 1.29 is 10.2 Å². The van der Waals surface area contributed by atoms with Crippen molar-refractivity contribution in [3.05, 3.63) is 16.7 Å². The Morgan fingerprint density at radius 1 is 1.64 bits per heavy atom. The molecule has 0 spiro atoms. The Hall–Kier alpha value is -0.300. The van der Waals surface area contributed by atoms with Gasteiger partial charge in [-0.3, -0.25) is 0 Å². The molecule has 0 saturated heterocycles. The third kappa shape index (κ3) is 3.45. The lowest BCUT2D eigenvalue weighted by molar-refractivity contribution is 0.113. The number of hydrogen-bond donors (Lipinski definition) is 3. The monoisotopic (exact) mass is 278 g/mol. The molecular weight excluding hydrogens is 268 g/mol. The summed E-state index contributed by atoms with van der Waals surface area (Å²) in [4.78, 5) is 4.08. The molecule has 0 amide bonds. The van der Waals surface area contributed by atoms with Crippen molar-refractivity contribution in [1.29, 1.82) is 0 Å². The van der Waals surface area contributed by atoms with E-state index in [0.29, 0.717) is 11.4 Å². The highest BCUT2D eigenvalue weighted by Crippen LogP contribution is 2.26. The van der Waals surface area contributed by atoms with Gasteiger partial charge in [-0.1, -0.05) is 0 Å². The Balaban J connectivity index is 2.59. The van der Waals surface area contributed by atoms with Crippen LogP contribution in [-0.2, 0) is 0 Å². The first-order valence-electron chi connectivity index (χ1n) is 3.96. The molecule has 78 valence electrons. The molecule has 1 heterocycles. The van der Waals surface area contributed by atoms with Crippen molar-refractivity contribution >= 4 is 33.4 Å². The highest BCUT2D eigenvalue weighted by atomic mass is 79.9. The molecule has 0 fully saturated rings. The number of aliphatic hydroxyl groups is 2. The second-order valence-electron chi connectivity index (χ2n) is 2.70. The first-order valence-corrected chi connectivity index (χ1v) is 5.74. The number of anilines is 1. The van der Waals surface area contributed by atoms with Gasteiger partial charge in [0.05, 0.1) is 29.1 Å². The van der Waals surface area contributed by atoms with Crippen LogP contribution in [0.3, 0.4) is 0 Å². The van der Waals surface area contributed by atoms with E-state index in [-0.39, 0.29) is 6.61 Å². The van der Waals surface area contributed by atoms with E-state index in [1.165, 1.54) is 11.8 Å². The predicted octanol–water partition coefficient (Wildman–Crippen LogP) is 0.872. The van der Waals surface area contributed by atoms with Gasteiger partial charge in [0.15, 0.2) is 0 Å². The molecular formula is C8H11BrN2O2S. The van der Waals surface area contributed by atoms with Crippen molar-refractivity contribution in [2.24, 2.45) is 0 Å². The molecule has 0 radical (unpaired) electrons. The van der Waals surface area contributed by atoms with Gasteiger partial charge in [0, 0.05) is 5.75 Å². The standard InChI is InChI=1S/C8H11BrN2O2S/c9-7-1-5(10)2-11-8(7)14-4-6(13)3-12/h1-2,6,12-13H,3-4,10H2. The Kier molecular flexibility index (Phi) is 4.67. The molecule has 0 aliphatic carbocycles. The van der Waals surface area contributed by atoms with Crippen LogP contribution in [0, 0.1) is 0 Å². The van der Waals surface area contributed by atoms with E-state index in [1.54, 1.807) is 12.3 Å². The number of nitrogens with zero attached hydrogens (tertiary/aromatic N) is 1. The molecule has 6 heteroatoms. The second-order valence-corrected chi connectivity index (χ2v) is 4.57. The zero-order valence-corrected chi connectivity index (χ0v) is 9.75. The normalized spacial score (nSPS) is 12.8. The molecule has 0 aliphatic rings. The summed E-state index contributed by atoms with van der Waals surface area (Å²) in [6.45, 7) is -0.237. The molecule has 0 bridgehead atoms. The summed E-state index contributed by atoms with van der Waals surface area (Å²) in [7, 11) is 0. The molecule has 1 unspecified atom stereocenters. The highest BCUT2D eigenvalue weighted by molar-refractivity contribution is 9.10. The number of aliphatic hydroxyl groups excluding tert-OH is 2. The zero-order chi connectivity index (χ0) is 10.6. The van der Waals surface area contributed by atoms with Gasteiger partial charge in [0.1, 0.15) is 5.03 Å². The fraction of sp³-hybridized carbons (Fsp3) is 0.375. The summed E-state index contributed by atoms with van der Waals surface area (Å²) in [5, 5.41) is 18.5. The number of thioether (sulfide) groups is 1. The molecule has 1 atom stereocenters. The van der Waals surface area contributed by atoms with E-state index in [4.69, 9.17) is 15.9 Å². The minimum atomic E-state index is -0.716. The maximum absolute atomic E-state index is 9.13. The van der Waals surface area contributed by atoms with Gasteiger partial charge in [-0.25, -0.2) is 4.98 Å². The maximum atomic E-state index is 9.13. The van der Waals surface area contributed by atoms with Crippen molar-refractivity contribution in [3.8, 4) is 0 Å². The van der Waals surface area contributed by atoms with E-state index in [1.807, 2.05) is 0 Å². The van der Waals surface area contributed by atoms with E-state index < -0.39 is 6.10 Å². The average molecular weight is 279 g/mol. The molecule has 1 aromatic rings. The maximum Gasteiger partial charge on any atom is 0.110 e. The number of hydrogen-bond acceptors (Lipinski definition) is 5. The molecule has 1 aromatic heterocycles. The van der Waals surface area contributed by atoms with E-state index in [9.17, 15) is 0 Å². The average Bonchev–Trinajstić information content (AvgIpc) is 2.16. The summed E-state index contributed by atoms with van der Waals surface area (Å²) in [5.41, 5.74) is 6.11. The number of pyridine rings is 1. The SMILES string of the molecule is Nc1cnc(SCC(O)CO)c(Br)c1. The lowest BCUT2D eigenvalue weighted by atomic mass is 10.4. The molecule has 0 saturated carbocycles. The Morgan fingerprint density at radius 3 is 2.93 bits per heavy atom. The van der Waals surface area contributed by atoms with E-state index in [2.05, 4.69) is 20.9 Å². The Bertz CT molecular complexity index is 311. The molecule has 0 aromatic carbocycles. The van der Waals surface area contributed by atoms with Gasteiger partial charge in [0.2, 0.25) is 0 Å². The van der Waals surface area contributed by atoms with Crippen LogP contribution in [0.15, 0.2) is 21.8 Å². The van der Waals surface area contributed by atoms with Crippen molar-refractivity contribution in [1.82, 2.24) is 4.98 Å². The lowest BCUT2D eigenvalue weighted by Gasteiger charge is -2.07. The lowest BCUT2D eigenvalue weighted by Crippen LogP contribution is -2.14. The third-order valence-corrected chi connectivity index (χ3v) is 3.47. The van der Waals surface area contributed by atoms with Crippen LogP contribution >= 0.6 is 27.7 Å². The van der Waals surface area contributed by atoms with E-state index in [0.717, 1.165) is 9.50 Å². The molecule has 4 N–H and O–H groups in total. The van der Waals surface area contributed by atoms with Crippen molar-refractivity contribution in [2.75, 3.05) is 18.1 Å². The highest BCUT2D eigenvalue weighted by Gasteiger charge is 2.07. The van der Waals surface area contributed by atoms with Gasteiger partial charge in [-0.05, 0) is 22.0 Å². The summed E-state index contributed by atoms with van der Waals surface area (Å²) in [6, 6.07) is 1.75. The number of halogens is 1. The minimum absolute atomic E-state index is 0.237. The van der Waals surface area contributed by atoms with Gasteiger partial charge < -0.3 is 15.9 Å². The van der Waals surface area contributed by atoms with Crippen molar-refractivity contribution in [3.63, 3.8) is 0 Å². The summed E-state index contributed by atoms with van der Waals surface area (Å²) < 4.78 is 0.799. The van der Waals surface area contributed by atoms with Crippen molar-refractivity contribution in [2.45, 2.75) is 11.1 Å². The number of nitrogen functional groups attached to an aromatic ring is 1. The van der Waals surface area contributed by atoms with Crippen LogP contribution < -0.4 is 5.73 Å². The Morgan fingerprint density at radius 2 is 2.36 bits per heavy atom. The van der Waals surface area contributed by atoms with Crippen LogP contribution in [0.25, 0.3) is 0 Å². The fourth-order valence-electron chi connectivity index (χ4n) is 0.774. The third-order valence-electron chi connectivity index (χ3n) is 1.45. The van der Waals surface area contributed by atoms with Crippen LogP contribution in [0.4, 0.5) is 5.69 Å². The first kappa shape index (κ1) is 11.8. The van der Waals surface area contributed by atoms with Crippen LogP contribution in [-0.4, -0.2) is 33.7 Å². The van der Waals surface area contributed by atoms with Gasteiger partial charge in [-0.2, -0.15) is 0 Å². The molecule has 14 heavy (non-hydrogen) atoms. The summed E-state index contributed by atoms with van der Waals surface area (Å²) in [5.74, 6) is 0.409. The smallest absolute Gasteiger partial charge is 0.110 e. The molecule has 1 rings (SSSR count).